The number of ether oxygens (including phenoxy) is 1. The standard InChI is InChI=1S/C19H19BrN4O/c20-15-3-1-2-14(10-15)19(5-8-25-9-6-19)12-22-18-16-4-7-21-11-17(16)23-13-24-18/h1-4,7,10-11,13H,5-6,8-9,12H2,(H,22,23,24). The van der Waals surface area contributed by atoms with Gasteiger partial charge in [-0.25, -0.2) is 9.97 Å². The van der Waals surface area contributed by atoms with E-state index < -0.39 is 0 Å². The van der Waals surface area contributed by atoms with Crippen molar-refractivity contribution in [2.75, 3.05) is 25.1 Å². The summed E-state index contributed by atoms with van der Waals surface area (Å²) in [6.07, 6.45) is 7.10. The summed E-state index contributed by atoms with van der Waals surface area (Å²) < 4.78 is 6.73. The minimum absolute atomic E-state index is 0.0341. The number of anilines is 1. The van der Waals surface area contributed by atoms with Crippen molar-refractivity contribution in [3.63, 3.8) is 0 Å². The second kappa shape index (κ2) is 7.06. The van der Waals surface area contributed by atoms with Crippen LogP contribution >= 0.6 is 15.9 Å². The van der Waals surface area contributed by atoms with Crippen LogP contribution in [0, 0.1) is 0 Å². The molecule has 0 spiro atoms. The molecule has 1 aliphatic rings. The number of halogens is 1. The van der Waals surface area contributed by atoms with Crippen LogP contribution in [0.3, 0.4) is 0 Å². The molecule has 6 heteroatoms. The number of nitrogens with zero attached hydrogens (tertiary/aromatic N) is 3. The van der Waals surface area contributed by atoms with Gasteiger partial charge in [0.05, 0.1) is 11.7 Å². The number of pyridine rings is 1. The maximum Gasteiger partial charge on any atom is 0.137 e. The third-order valence-corrected chi connectivity index (χ3v) is 5.41. The van der Waals surface area contributed by atoms with Gasteiger partial charge in [0.2, 0.25) is 0 Å². The Morgan fingerprint density at radius 2 is 2.04 bits per heavy atom. The quantitative estimate of drug-likeness (QED) is 0.720. The molecule has 0 atom stereocenters. The molecule has 0 radical (unpaired) electrons. The Balaban J connectivity index is 1.65. The minimum Gasteiger partial charge on any atom is -0.381 e. The van der Waals surface area contributed by atoms with Crippen molar-refractivity contribution >= 4 is 32.7 Å². The molecule has 0 amide bonds. The van der Waals surface area contributed by atoms with Crippen LogP contribution in [-0.2, 0) is 10.2 Å². The van der Waals surface area contributed by atoms with E-state index in [0.29, 0.717) is 0 Å². The number of benzene rings is 1. The molecule has 0 bridgehead atoms. The second-order valence-electron chi connectivity index (χ2n) is 6.37. The summed E-state index contributed by atoms with van der Waals surface area (Å²) in [4.78, 5) is 12.9. The topological polar surface area (TPSA) is 59.9 Å². The van der Waals surface area contributed by atoms with E-state index in [2.05, 4.69) is 60.5 Å². The van der Waals surface area contributed by atoms with Crippen molar-refractivity contribution in [2.24, 2.45) is 0 Å². The lowest BCUT2D eigenvalue weighted by Gasteiger charge is -2.38. The molecule has 128 valence electrons. The SMILES string of the molecule is Brc1cccc(C2(CNc3ncnc4cnccc34)CCOCC2)c1. The normalized spacial score (nSPS) is 16.7. The molecule has 4 rings (SSSR count). The lowest BCUT2D eigenvalue weighted by Crippen LogP contribution is -2.40. The molecule has 2 aromatic heterocycles. The van der Waals surface area contributed by atoms with Gasteiger partial charge in [0.15, 0.2) is 0 Å². The first-order chi connectivity index (χ1) is 12.3. The number of aromatic nitrogens is 3. The third kappa shape index (κ3) is 3.37. The Labute approximate surface area is 155 Å². The molecule has 1 N–H and O–H groups in total. The summed E-state index contributed by atoms with van der Waals surface area (Å²) in [7, 11) is 0. The molecule has 5 nitrogen and oxygen atoms in total. The molecule has 1 saturated heterocycles. The van der Waals surface area contributed by atoms with Gasteiger partial charge in [-0.15, -0.1) is 0 Å². The monoisotopic (exact) mass is 398 g/mol. The maximum absolute atomic E-state index is 5.63. The molecule has 0 unspecified atom stereocenters. The largest absolute Gasteiger partial charge is 0.381 e. The van der Waals surface area contributed by atoms with Crippen LogP contribution in [0.15, 0.2) is 53.5 Å². The summed E-state index contributed by atoms with van der Waals surface area (Å²) in [5.74, 6) is 0.855. The summed E-state index contributed by atoms with van der Waals surface area (Å²) in [6.45, 7) is 2.37. The number of fused-ring (bicyclic) bond motifs is 1. The van der Waals surface area contributed by atoms with Crippen LogP contribution in [0.5, 0.6) is 0 Å². The Morgan fingerprint density at radius 3 is 2.88 bits per heavy atom. The van der Waals surface area contributed by atoms with Gasteiger partial charge in [-0.2, -0.15) is 0 Å². The maximum atomic E-state index is 5.63. The zero-order valence-electron chi connectivity index (χ0n) is 13.8. The molecular weight excluding hydrogens is 380 g/mol. The van der Waals surface area contributed by atoms with Crippen molar-refractivity contribution in [2.45, 2.75) is 18.3 Å². The van der Waals surface area contributed by atoms with E-state index in [1.807, 2.05) is 6.07 Å². The van der Waals surface area contributed by atoms with E-state index in [4.69, 9.17) is 4.74 Å². The Kier molecular flexibility index (Phi) is 4.63. The average Bonchev–Trinajstić information content (AvgIpc) is 2.67. The van der Waals surface area contributed by atoms with Crippen molar-refractivity contribution in [1.82, 2.24) is 15.0 Å². The van der Waals surface area contributed by atoms with Gasteiger partial charge in [0, 0.05) is 41.2 Å². The number of rotatable bonds is 4. The van der Waals surface area contributed by atoms with Crippen LogP contribution in [0.4, 0.5) is 5.82 Å². The first-order valence-electron chi connectivity index (χ1n) is 8.39. The Bertz CT molecular complexity index is 875. The summed E-state index contributed by atoms with van der Waals surface area (Å²) in [5, 5.41) is 4.56. The van der Waals surface area contributed by atoms with Crippen molar-refractivity contribution in [3.05, 3.63) is 59.1 Å². The average molecular weight is 399 g/mol. The fraction of sp³-hybridized carbons (Fsp3) is 0.316. The minimum atomic E-state index is 0.0341. The molecule has 1 fully saturated rings. The van der Waals surface area contributed by atoms with E-state index >= 15 is 0 Å². The highest BCUT2D eigenvalue weighted by molar-refractivity contribution is 9.10. The highest BCUT2D eigenvalue weighted by atomic mass is 79.9. The number of hydrogen-bond acceptors (Lipinski definition) is 5. The van der Waals surface area contributed by atoms with Gasteiger partial charge in [-0.3, -0.25) is 4.98 Å². The van der Waals surface area contributed by atoms with E-state index in [1.165, 1.54) is 5.56 Å². The lowest BCUT2D eigenvalue weighted by molar-refractivity contribution is 0.0543. The zero-order valence-corrected chi connectivity index (χ0v) is 15.4. The molecular formula is C19H19BrN4O. The van der Waals surface area contributed by atoms with Crippen molar-refractivity contribution in [3.8, 4) is 0 Å². The van der Waals surface area contributed by atoms with Crippen LogP contribution in [-0.4, -0.2) is 34.7 Å². The summed E-state index contributed by atoms with van der Waals surface area (Å²) in [5.41, 5.74) is 2.22. The van der Waals surface area contributed by atoms with Gasteiger partial charge < -0.3 is 10.1 Å². The van der Waals surface area contributed by atoms with Crippen molar-refractivity contribution in [1.29, 1.82) is 0 Å². The highest BCUT2D eigenvalue weighted by Crippen LogP contribution is 2.36. The molecule has 1 aromatic carbocycles. The number of hydrogen-bond donors (Lipinski definition) is 1. The van der Waals surface area contributed by atoms with Crippen LogP contribution in [0.2, 0.25) is 0 Å². The van der Waals surface area contributed by atoms with Gasteiger partial charge in [-0.05, 0) is 36.6 Å². The molecule has 0 saturated carbocycles. The van der Waals surface area contributed by atoms with E-state index in [9.17, 15) is 0 Å². The van der Waals surface area contributed by atoms with Crippen LogP contribution in [0.25, 0.3) is 10.9 Å². The third-order valence-electron chi connectivity index (χ3n) is 4.92. The fourth-order valence-corrected chi connectivity index (χ4v) is 3.85. The molecule has 1 aliphatic heterocycles. The fourth-order valence-electron chi connectivity index (χ4n) is 3.45. The first-order valence-corrected chi connectivity index (χ1v) is 9.19. The molecule has 0 aliphatic carbocycles. The van der Waals surface area contributed by atoms with Crippen molar-refractivity contribution < 1.29 is 4.74 Å². The lowest BCUT2D eigenvalue weighted by atomic mass is 9.74. The predicted octanol–water partition coefficient (Wildman–Crippen LogP) is 3.95. The van der Waals surface area contributed by atoms with E-state index in [1.54, 1.807) is 18.7 Å². The highest BCUT2D eigenvalue weighted by Gasteiger charge is 2.34. The van der Waals surface area contributed by atoms with Gasteiger partial charge >= 0.3 is 0 Å². The van der Waals surface area contributed by atoms with Gasteiger partial charge in [0.25, 0.3) is 0 Å². The second-order valence-corrected chi connectivity index (χ2v) is 7.29. The first kappa shape index (κ1) is 16.4. The van der Waals surface area contributed by atoms with Gasteiger partial charge in [-0.1, -0.05) is 28.1 Å². The molecule has 25 heavy (non-hydrogen) atoms. The molecule has 3 aromatic rings. The summed E-state index contributed by atoms with van der Waals surface area (Å²) >= 11 is 3.60. The summed E-state index contributed by atoms with van der Waals surface area (Å²) in [6, 6.07) is 10.5. The zero-order chi connectivity index (χ0) is 17.1. The predicted molar refractivity (Wildman–Crippen MR) is 102 cm³/mol. The van der Waals surface area contributed by atoms with E-state index in [0.717, 1.165) is 53.8 Å². The van der Waals surface area contributed by atoms with Gasteiger partial charge in [0.1, 0.15) is 12.1 Å². The Morgan fingerprint density at radius 1 is 1.16 bits per heavy atom. The smallest absolute Gasteiger partial charge is 0.137 e. The number of nitrogens with one attached hydrogen (secondary N) is 1. The van der Waals surface area contributed by atoms with Crippen LogP contribution < -0.4 is 5.32 Å². The van der Waals surface area contributed by atoms with Crippen LogP contribution in [0.1, 0.15) is 18.4 Å². The van der Waals surface area contributed by atoms with E-state index in [-0.39, 0.29) is 5.41 Å². The Hall–Kier alpha value is -2.05. The molecule has 3 heterocycles.